The molecular weight excluding hydrogens is 304 g/mol. The number of aryl methyl sites for hydroxylation is 3. The number of nitrogens with one attached hydrogen (secondary N) is 1. The normalized spacial score (nSPS) is 10.6. The summed E-state index contributed by atoms with van der Waals surface area (Å²) in [4.78, 5) is 13.0. The summed E-state index contributed by atoms with van der Waals surface area (Å²) in [5.74, 6) is -1.47. The molecule has 0 bridgehead atoms. The van der Waals surface area contributed by atoms with Gasteiger partial charge in [0.1, 0.15) is 11.6 Å². The first kappa shape index (κ1) is 16.5. The molecule has 0 heterocycles. The molecule has 0 saturated carbocycles. The molecule has 0 aliphatic heterocycles. The van der Waals surface area contributed by atoms with Crippen molar-refractivity contribution in [2.45, 2.75) is 25.7 Å². The molecule has 22 heavy (non-hydrogen) atoms. The smallest absolute Gasteiger partial charge is 0.234 e. The Kier molecular flexibility index (Phi) is 5.19. The predicted molar refractivity (Wildman–Crippen MR) is 86.4 cm³/mol. The first-order valence-corrected chi connectivity index (χ1v) is 7.81. The minimum Gasteiger partial charge on any atom is -0.323 e. The number of benzene rings is 2. The summed E-state index contributed by atoms with van der Waals surface area (Å²) in [6.45, 7) is 6.01. The molecule has 1 amide bonds. The van der Waals surface area contributed by atoms with E-state index >= 15 is 0 Å². The van der Waals surface area contributed by atoms with Crippen LogP contribution in [0.2, 0.25) is 0 Å². The lowest BCUT2D eigenvalue weighted by Gasteiger charge is -2.11. The molecule has 2 nitrogen and oxygen atoms in total. The minimum absolute atomic E-state index is 0.136. The van der Waals surface area contributed by atoms with E-state index in [2.05, 4.69) is 17.4 Å². The van der Waals surface area contributed by atoms with E-state index in [9.17, 15) is 13.6 Å². The average molecular weight is 321 g/mol. The molecule has 2 rings (SSSR count). The molecule has 5 heteroatoms. The lowest BCUT2D eigenvalue weighted by molar-refractivity contribution is -0.113. The van der Waals surface area contributed by atoms with Gasteiger partial charge in [-0.15, -0.1) is 11.8 Å². The van der Waals surface area contributed by atoms with Crippen LogP contribution < -0.4 is 5.32 Å². The van der Waals surface area contributed by atoms with Crippen molar-refractivity contribution in [2.24, 2.45) is 0 Å². The molecule has 0 aliphatic rings. The Balaban J connectivity index is 2.03. The second-order valence-electron chi connectivity index (χ2n) is 5.19. The van der Waals surface area contributed by atoms with Gasteiger partial charge in [-0.25, -0.2) is 8.78 Å². The minimum atomic E-state index is -0.651. The van der Waals surface area contributed by atoms with E-state index in [1.807, 2.05) is 20.8 Å². The maximum Gasteiger partial charge on any atom is 0.234 e. The highest BCUT2D eigenvalue weighted by Crippen LogP contribution is 2.27. The summed E-state index contributed by atoms with van der Waals surface area (Å²) in [6.07, 6.45) is 0. The Bertz CT molecular complexity index is 693. The van der Waals surface area contributed by atoms with Gasteiger partial charge in [0.05, 0.1) is 11.4 Å². The largest absolute Gasteiger partial charge is 0.323 e. The second-order valence-corrected chi connectivity index (χ2v) is 6.17. The van der Waals surface area contributed by atoms with Gasteiger partial charge in [0.25, 0.3) is 0 Å². The van der Waals surface area contributed by atoms with Crippen LogP contribution in [0.4, 0.5) is 14.5 Å². The quantitative estimate of drug-likeness (QED) is 0.833. The number of amides is 1. The summed E-state index contributed by atoms with van der Waals surface area (Å²) in [7, 11) is 0. The molecule has 2 aromatic rings. The molecule has 0 radical (unpaired) electrons. The fourth-order valence-electron chi connectivity index (χ4n) is 2.31. The van der Waals surface area contributed by atoms with Gasteiger partial charge in [0, 0.05) is 11.0 Å². The summed E-state index contributed by atoms with van der Waals surface area (Å²) in [6, 6.07) is 7.09. The maximum atomic E-state index is 13.5. The number of anilines is 1. The molecule has 0 spiro atoms. The lowest BCUT2D eigenvalue weighted by Crippen LogP contribution is -2.15. The monoisotopic (exact) mass is 321 g/mol. The topological polar surface area (TPSA) is 29.1 Å². The summed E-state index contributed by atoms with van der Waals surface area (Å²) in [5, 5.41) is 2.40. The van der Waals surface area contributed by atoms with E-state index in [-0.39, 0.29) is 17.3 Å². The maximum absolute atomic E-state index is 13.5. The van der Waals surface area contributed by atoms with Gasteiger partial charge >= 0.3 is 0 Å². The predicted octanol–water partition coefficient (Wildman–Crippen LogP) is 4.62. The first-order chi connectivity index (χ1) is 10.4. The number of thioether (sulfide) groups is 1. The number of carbonyl (C=O) groups is 1. The fraction of sp³-hybridized carbons (Fsp3) is 0.235. The van der Waals surface area contributed by atoms with E-state index in [4.69, 9.17) is 0 Å². The van der Waals surface area contributed by atoms with Crippen molar-refractivity contribution in [2.75, 3.05) is 11.1 Å². The SMILES string of the molecule is Cc1cc(C)c(SCC(=O)Nc2cc(F)ccc2F)c(C)c1. The summed E-state index contributed by atoms with van der Waals surface area (Å²) >= 11 is 1.39. The van der Waals surface area contributed by atoms with Crippen LogP contribution in [0.1, 0.15) is 16.7 Å². The van der Waals surface area contributed by atoms with Crippen LogP contribution in [0.5, 0.6) is 0 Å². The molecule has 0 unspecified atom stereocenters. The van der Waals surface area contributed by atoms with Crippen LogP contribution in [0.3, 0.4) is 0 Å². The zero-order chi connectivity index (χ0) is 16.3. The summed E-state index contributed by atoms with van der Waals surface area (Å²) < 4.78 is 26.5. The molecule has 0 aromatic heterocycles. The lowest BCUT2D eigenvalue weighted by atomic mass is 10.1. The van der Waals surface area contributed by atoms with Gasteiger partial charge in [-0.2, -0.15) is 0 Å². The van der Waals surface area contributed by atoms with Crippen molar-refractivity contribution in [3.63, 3.8) is 0 Å². The third-order valence-electron chi connectivity index (χ3n) is 3.15. The molecule has 0 saturated heterocycles. The van der Waals surface area contributed by atoms with Crippen molar-refractivity contribution < 1.29 is 13.6 Å². The van der Waals surface area contributed by atoms with E-state index in [0.717, 1.165) is 34.2 Å². The Hall–Kier alpha value is -1.88. The van der Waals surface area contributed by atoms with Crippen LogP contribution in [0, 0.1) is 32.4 Å². The first-order valence-electron chi connectivity index (χ1n) is 6.82. The Morgan fingerprint density at radius 2 is 1.73 bits per heavy atom. The second kappa shape index (κ2) is 6.92. The molecule has 2 aromatic carbocycles. The zero-order valence-corrected chi connectivity index (χ0v) is 13.5. The van der Waals surface area contributed by atoms with E-state index in [0.29, 0.717) is 0 Å². The van der Waals surface area contributed by atoms with Crippen LogP contribution in [0.15, 0.2) is 35.2 Å². The van der Waals surface area contributed by atoms with Crippen molar-refractivity contribution in [3.05, 3.63) is 58.7 Å². The molecule has 0 fully saturated rings. The highest BCUT2D eigenvalue weighted by molar-refractivity contribution is 8.00. The average Bonchev–Trinajstić information content (AvgIpc) is 2.41. The number of rotatable bonds is 4. The van der Waals surface area contributed by atoms with Crippen LogP contribution in [0.25, 0.3) is 0 Å². The number of carbonyl (C=O) groups excluding carboxylic acids is 1. The molecule has 116 valence electrons. The van der Waals surface area contributed by atoms with Crippen LogP contribution in [-0.2, 0) is 4.79 Å². The highest BCUT2D eigenvalue weighted by Gasteiger charge is 2.11. The Morgan fingerprint density at radius 3 is 2.36 bits per heavy atom. The third kappa shape index (κ3) is 4.07. The van der Waals surface area contributed by atoms with Crippen molar-refractivity contribution >= 4 is 23.4 Å². The van der Waals surface area contributed by atoms with Crippen molar-refractivity contribution in [3.8, 4) is 0 Å². The Labute approximate surface area is 132 Å². The summed E-state index contributed by atoms with van der Waals surface area (Å²) in [5.41, 5.74) is 3.24. The highest BCUT2D eigenvalue weighted by atomic mass is 32.2. The van der Waals surface area contributed by atoms with Crippen molar-refractivity contribution in [1.82, 2.24) is 0 Å². The van der Waals surface area contributed by atoms with Gasteiger partial charge in [0.15, 0.2) is 0 Å². The van der Waals surface area contributed by atoms with E-state index in [1.54, 1.807) is 0 Å². The van der Waals surface area contributed by atoms with Crippen molar-refractivity contribution in [1.29, 1.82) is 0 Å². The molecular formula is C17H17F2NOS. The zero-order valence-electron chi connectivity index (χ0n) is 12.7. The molecule has 1 N–H and O–H groups in total. The number of hydrogen-bond acceptors (Lipinski definition) is 2. The number of hydrogen-bond donors (Lipinski definition) is 1. The van der Waals surface area contributed by atoms with Crippen LogP contribution >= 0.6 is 11.8 Å². The van der Waals surface area contributed by atoms with Gasteiger partial charge in [-0.1, -0.05) is 17.7 Å². The van der Waals surface area contributed by atoms with Gasteiger partial charge in [0.2, 0.25) is 5.91 Å². The number of halogens is 2. The van der Waals surface area contributed by atoms with E-state index in [1.165, 1.54) is 17.3 Å². The van der Waals surface area contributed by atoms with E-state index < -0.39 is 11.6 Å². The van der Waals surface area contributed by atoms with Crippen LogP contribution in [-0.4, -0.2) is 11.7 Å². The third-order valence-corrected chi connectivity index (χ3v) is 4.49. The van der Waals surface area contributed by atoms with Gasteiger partial charge in [-0.05, 0) is 44.0 Å². The van der Waals surface area contributed by atoms with Gasteiger partial charge < -0.3 is 5.32 Å². The molecule has 0 atom stereocenters. The Morgan fingerprint density at radius 1 is 1.09 bits per heavy atom. The standard InChI is InChI=1S/C17H17F2NOS/c1-10-6-11(2)17(12(3)7-10)22-9-16(21)20-15-8-13(18)4-5-14(15)19/h4-8H,9H2,1-3H3,(H,20,21). The fourth-order valence-corrected chi connectivity index (χ4v) is 3.23. The molecule has 0 aliphatic carbocycles. The van der Waals surface area contributed by atoms with Gasteiger partial charge in [-0.3, -0.25) is 4.79 Å².